The van der Waals surface area contributed by atoms with Gasteiger partial charge in [-0.05, 0) is 37.3 Å². The Morgan fingerprint density at radius 2 is 1.97 bits per heavy atom. The summed E-state index contributed by atoms with van der Waals surface area (Å²) in [5.74, 6) is -0.425. The lowest BCUT2D eigenvalue weighted by Crippen LogP contribution is -2.37. The highest BCUT2D eigenvalue weighted by Crippen LogP contribution is 2.36. The van der Waals surface area contributed by atoms with Crippen LogP contribution in [0.5, 0.6) is 0 Å². The molecule has 1 atom stereocenters. The van der Waals surface area contributed by atoms with Gasteiger partial charge in [-0.15, -0.1) is 10.2 Å². The molecule has 1 unspecified atom stereocenters. The molecular weight excluding hydrogens is 431 g/mol. The summed E-state index contributed by atoms with van der Waals surface area (Å²) in [7, 11) is 0. The molecule has 3 aromatic rings. The molecule has 3 heterocycles. The number of pyridine rings is 1. The average molecular weight is 451 g/mol. The van der Waals surface area contributed by atoms with Crippen LogP contribution in [0.4, 0.5) is 24.5 Å². The molecule has 164 valence electrons. The molecule has 1 amide bonds. The number of hydrogen-bond acceptors (Lipinski definition) is 6. The number of thioether (sulfide) groups is 1. The van der Waals surface area contributed by atoms with Crippen LogP contribution in [-0.4, -0.2) is 52.1 Å². The predicted octanol–water partition coefficient (Wildman–Crippen LogP) is 3.70. The molecule has 0 spiro atoms. The zero-order valence-electron chi connectivity index (χ0n) is 16.6. The van der Waals surface area contributed by atoms with Crippen molar-refractivity contribution in [2.24, 2.45) is 0 Å². The van der Waals surface area contributed by atoms with Crippen molar-refractivity contribution in [2.75, 3.05) is 36.5 Å². The monoisotopic (exact) mass is 451 g/mol. The summed E-state index contributed by atoms with van der Waals surface area (Å²) in [6.07, 6.45) is -2.73. The highest BCUT2D eigenvalue weighted by molar-refractivity contribution is 8.00. The predicted molar refractivity (Wildman–Crippen MR) is 111 cm³/mol. The Labute approximate surface area is 180 Å². The summed E-state index contributed by atoms with van der Waals surface area (Å²) in [4.78, 5) is 14.8. The Bertz CT molecular complexity index is 1080. The molecular formula is C20H20F3N5O2S. The second-order valence-corrected chi connectivity index (χ2v) is 8.30. The minimum atomic E-state index is -4.51. The van der Waals surface area contributed by atoms with Gasteiger partial charge in [-0.1, -0.05) is 17.8 Å². The van der Waals surface area contributed by atoms with Crippen LogP contribution >= 0.6 is 11.8 Å². The number of aromatic nitrogens is 3. The van der Waals surface area contributed by atoms with Crippen LogP contribution in [0.15, 0.2) is 47.8 Å². The molecule has 2 aromatic heterocycles. The van der Waals surface area contributed by atoms with Crippen molar-refractivity contribution in [2.45, 2.75) is 23.5 Å². The van der Waals surface area contributed by atoms with Gasteiger partial charge in [0.1, 0.15) is 0 Å². The van der Waals surface area contributed by atoms with Gasteiger partial charge in [-0.2, -0.15) is 13.2 Å². The zero-order valence-corrected chi connectivity index (χ0v) is 17.4. The Balaban J connectivity index is 1.56. The third-order valence-corrected chi connectivity index (χ3v) is 5.92. The summed E-state index contributed by atoms with van der Waals surface area (Å²) in [5.41, 5.74) is 0.490. The SMILES string of the molecule is CC(Sc1nnc2ccccn12)C(=O)Nc1cc(C(F)(F)F)ccc1N1CCOCC1. The van der Waals surface area contributed by atoms with E-state index >= 15 is 0 Å². The molecule has 0 aliphatic carbocycles. The van der Waals surface area contributed by atoms with Crippen molar-refractivity contribution in [1.82, 2.24) is 14.6 Å². The number of anilines is 2. The van der Waals surface area contributed by atoms with Crippen molar-refractivity contribution in [3.8, 4) is 0 Å². The van der Waals surface area contributed by atoms with E-state index in [4.69, 9.17) is 4.74 Å². The van der Waals surface area contributed by atoms with Gasteiger partial charge >= 0.3 is 6.18 Å². The number of rotatable bonds is 5. The third kappa shape index (κ3) is 4.77. The largest absolute Gasteiger partial charge is 0.416 e. The second-order valence-electron chi connectivity index (χ2n) is 6.99. The van der Waals surface area contributed by atoms with Crippen molar-refractivity contribution < 1.29 is 22.7 Å². The van der Waals surface area contributed by atoms with Crippen LogP contribution in [0.2, 0.25) is 0 Å². The molecule has 4 rings (SSSR count). The lowest BCUT2D eigenvalue weighted by molar-refractivity contribution is -0.137. The second kappa shape index (κ2) is 8.75. The summed E-state index contributed by atoms with van der Waals surface area (Å²) in [6, 6.07) is 8.85. The summed E-state index contributed by atoms with van der Waals surface area (Å²) in [6.45, 7) is 3.68. The molecule has 1 N–H and O–H groups in total. The molecule has 0 radical (unpaired) electrons. The summed E-state index contributed by atoms with van der Waals surface area (Å²) in [5, 5.41) is 10.7. The minimum Gasteiger partial charge on any atom is -0.378 e. The van der Waals surface area contributed by atoms with E-state index in [1.807, 2.05) is 17.0 Å². The summed E-state index contributed by atoms with van der Waals surface area (Å²) < 4.78 is 46.9. The summed E-state index contributed by atoms with van der Waals surface area (Å²) >= 11 is 1.18. The Kier molecular flexibility index (Phi) is 6.05. The fourth-order valence-corrected chi connectivity index (χ4v) is 4.08. The fraction of sp³-hybridized carbons (Fsp3) is 0.350. The van der Waals surface area contributed by atoms with Gasteiger partial charge in [0.2, 0.25) is 5.91 Å². The van der Waals surface area contributed by atoms with E-state index in [1.165, 1.54) is 17.8 Å². The standard InChI is InChI=1S/C20H20F3N5O2S/c1-13(31-19-26-25-17-4-2-3-7-28(17)19)18(29)24-15-12-14(20(21,22)23)5-6-16(15)27-8-10-30-11-9-27/h2-7,12-13H,8-11H2,1H3,(H,24,29). The lowest BCUT2D eigenvalue weighted by Gasteiger charge is -2.31. The van der Waals surface area contributed by atoms with Gasteiger partial charge in [0.15, 0.2) is 10.8 Å². The number of morpholine rings is 1. The molecule has 1 aromatic carbocycles. The minimum absolute atomic E-state index is 0.125. The highest BCUT2D eigenvalue weighted by atomic mass is 32.2. The Morgan fingerprint density at radius 3 is 2.71 bits per heavy atom. The number of carbonyl (C=O) groups excluding carboxylic acids is 1. The topological polar surface area (TPSA) is 71.8 Å². The van der Waals surface area contributed by atoms with Gasteiger partial charge in [-0.25, -0.2) is 0 Å². The van der Waals surface area contributed by atoms with Crippen molar-refractivity contribution in [3.05, 3.63) is 48.2 Å². The molecule has 7 nitrogen and oxygen atoms in total. The quantitative estimate of drug-likeness (QED) is 0.597. The number of fused-ring (bicyclic) bond motifs is 1. The molecule has 1 saturated heterocycles. The van der Waals surface area contributed by atoms with Crippen molar-refractivity contribution in [1.29, 1.82) is 0 Å². The van der Waals surface area contributed by atoms with E-state index in [9.17, 15) is 18.0 Å². The molecule has 0 bridgehead atoms. The molecule has 11 heteroatoms. The molecule has 1 aliphatic heterocycles. The smallest absolute Gasteiger partial charge is 0.378 e. The fourth-order valence-electron chi connectivity index (χ4n) is 3.24. The third-order valence-electron chi connectivity index (χ3n) is 4.87. The zero-order chi connectivity index (χ0) is 22.0. The molecule has 31 heavy (non-hydrogen) atoms. The van der Waals surface area contributed by atoms with Crippen LogP contribution in [0.1, 0.15) is 12.5 Å². The number of amides is 1. The number of hydrogen-bond donors (Lipinski definition) is 1. The van der Waals surface area contributed by atoms with Crippen molar-refractivity contribution in [3.63, 3.8) is 0 Å². The number of halogens is 3. The maximum Gasteiger partial charge on any atom is 0.416 e. The van der Waals surface area contributed by atoms with Crippen LogP contribution in [0.3, 0.4) is 0 Å². The number of benzene rings is 1. The van der Waals surface area contributed by atoms with Crippen LogP contribution in [-0.2, 0) is 15.7 Å². The van der Waals surface area contributed by atoms with Crippen LogP contribution in [0, 0.1) is 0 Å². The number of nitrogens with zero attached hydrogens (tertiary/aromatic N) is 4. The normalized spacial score (nSPS) is 15.8. The molecule has 1 fully saturated rings. The van der Waals surface area contributed by atoms with E-state index in [1.54, 1.807) is 23.6 Å². The first-order chi connectivity index (χ1) is 14.8. The van der Waals surface area contributed by atoms with Crippen molar-refractivity contribution >= 4 is 34.7 Å². The Morgan fingerprint density at radius 1 is 1.19 bits per heavy atom. The first kappa shape index (κ1) is 21.4. The van der Waals surface area contributed by atoms with E-state index in [0.29, 0.717) is 42.8 Å². The number of nitrogens with one attached hydrogen (secondary N) is 1. The number of ether oxygens (including phenoxy) is 1. The maximum absolute atomic E-state index is 13.3. The van der Waals surface area contributed by atoms with Gasteiger partial charge in [0.05, 0.1) is 35.4 Å². The van der Waals surface area contributed by atoms with E-state index in [0.717, 1.165) is 12.1 Å². The highest BCUT2D eigenvalue weighted by Gasteiger charge is 2.32. The van der Waals surface area contributed by atoms with Crippen LogP contribution in [0.25, 0.3) is 5.65 Å². The molecule has 1 aliphatic rings. The van der Waals surface area contributed by atoms with Gasteiger partial charge in [0.25, 0.3) is 0 Å². The lowest BCUT2D eigenvalue weighted by atomic mass is 10.1. The van der Waals surface area contributed by atoms with Gasteiger partial charge in [-0.3, -0.25) is 9.20 Å². The first-order valence-electron chi connectivity index (χ1n) is 9.64. The van der Waals surface area contributed by atoms with E-state index in [-0.39, 0.29) is 5.69 Å². The van der Waals surface area contributed by atoms with Crippen LogP contribution < -0.4 is 10.2 Å². The van der Waals surface area contributed by atoms with E-state index < -0.39 is 22.9 Å². The number of carbonyl (C=O) groups is 1. The Hall–Kier alpha value is -2.79. The number of alkyl halides is 3. The van der Waals surface area contributed by atoms with Gasteiger partial charge in [0, 0.05) is 19.3 Å². The van der Waals surface area contributed by atoms with Gasteiger partial charge < -0.3 is 15.0 Å². The van der Waals surface area contributed by atoms with E-state index in [2.05, 4.69) is 15.5 Å². The molecule has 0 saturated carbocycles. The maximum atomic E-state index is 13.3. The first-order valence-corrected chi connectivity index (χ1v) is 10.5. The average Bonchev–Trinajstić information content (AvgIpc) is 3.16.